The Bertz CT molecular complexity index is 213. The van der Waals surface area contributed by atoms with Gasteiger partial charge in [0, 0.05) is 12.1 Å². The van der Waals surface area contributed by atoms with Crippen LogP contribution in [0.1, 0.15) is 52.4 Å². The number of hydrogen-bond donors (Lipinski definition) is 1. The normalized spacial score (nSPS) is 27.9. The fraction of sp³-hybridized carbons (Fsp3) is 1.00. The highest BCUT2D eigenvalue weighted by atomic mass is 15.2. The summed E-state index contributed by atoms with van der Waals surface area (Å²) < 4.78 is 0. The number of hydrogen-bond acceptors (Lipinski definition) is 2. The summed E-state index contributed by atoms with van der Waals surface area (Å²) in [6.45, 7) is 8.24. The van der Waals surface area contributed by atoms with Gasteiger partial charge in [-0.15, -0.1) is 0 Å². The van der Waals surface area contributed by atoms with E-state index >= 15 is 0 Å². The monoisotopic (exact) mass is 224 g/mol. The van der Waals surface area contributed by atoms with Crippen LogP contribution in [0.5, 0.6) is 0 Å². The van der Waals surface area contributed by atoms with Crippen molar-refractivity contribution in [2.24, 2.45) is 17.6 Å². The van der Waals surface area contributed by atoms with Gasteiger partial charge in [0.25, 0.3) is 0 Å². The van der Waals surface area contributed by atoms with E-state index in [0.29, 0.717) is 0 Å². The molecule has 0 radical (unpaired) electrons. The van der Waals surface area contributed by atoms with Crippen molar-refractivity contribution in [2.45, 2.75) is 57.9 Å². The Morgan fingerprint density at radius 1 is 1.19 bits per heavy atom. The Balaban J connectivity index is 1.72. The molecule has 2 nitrogen and oxygen atoms in total. The number of nitrogens with two attached hydrogens (primary N) is 1. The lowest BCUT2D eigenvalue weighted by Crippen LogP contribution is -2.51. The third-order valence-corrected chi connectivity index (χ3v) is 4.48. The van der Waals surface area contributed by atoms with E-state index in [4.69, 9.17) is 5.73 Å². The van der Waals surface area contributed by atoms with Crippen LogP contribution >= 0.6 is 0 Å². The highest BCUT2D eigenvalue weighted by Crippen LogP contribution is 2.38. The van der Waals surface area contributed by atoms with Crippen LogP contribution in [-0.2, 0) is 0 Å². The molecule has 2 N–H and O–H groups in total. The summed E-state index contributed by atoms with van der Waals surface area (Å²) in [6, 6.07) is 0. The molecule has 0 spiro atoms. The largest absolute Gasteiger partial charge is 0.324 e. The van der Waals surface area contributed by atoms with Gasteiger partial charge in [-0.3, -0.25) is 0 Å². The zero-order valence-corrected chi connectivity index (χ0v) is 11.0. The van der Waals surface area contributed by atoms with Crippen molar-refractivity contribution in [1.82, 2.24) is 4.90 Å². The summed E-state index contributed by atoms with van der Waals surface area (Å²) in [6.07, 6.45) is 8.29. The maximum atomic E-state index is 6.40. The van der Waals surface area contributed by atoms with E-state index in [2.05, 4.69) is 18.7 Å². The first-order valence-electron chi connectivity index (χ1n) is 7.13. The zero-order chi connectivity index (χ0) is 11.6. The topological polar surface area (TPSA) is 29.3 Å². The molecule has 94 valence electrons. The number of piperidine rings is 1. The molecule has 16 heavy (non-hydrogen) atoms. The van der Waals surface area contributed by atoms with Gasteiger partial charge in [-0.25, -0.2) is 0 Å². The Kier molecular flexibility index (Phi) is 3.91. The molecule has 1 heterocycles. The summed E-state index contributed by atoms with van der Waals surface area (Å²) in [5.74, 6) is 1.80. The molecule has 0 amide bonds. The molecule has 1 aliphatic heterocycles. The molecule has 2 fully saturated rings. The molecule has 0 aromatic heterocycles. The second-order valence-corrected chi connectivity index (χ2v) is 6.29. The average molecular weight is 224 g/mol. The first kappa shape index (κ1) is 12.4. The van der Waals surface area contributed by atoms with Crippen LogP contribution in [0.4, 0.5) is 0 Å². The van der Waals surface area contributed by atoms with E-state index in [-0.39, 0.29) is 5.54 Å². The van der Waals surface area contributed by atoms with Crippen LogP contribution in [0, 0.1) is 11.8 Å². The van der Waals surface area contributed by atoms with Gasteiger partial charge in [0.1, 0.15) is 0 Å². The minimum absolute atomic E-state index is 0.0809. The minimum atomic E-state index is 0.0809. The molecular weight excluding hydrogens is 196 g/mol. The van der Waals surface area contributed by atoms with E-state index in [1.54, 1.807) is 0 Å². The SMILES string of the molecule is CCCC1CCN(CC(C)(N)C2CC2)CC1. The summed E-state index contributed by atoms with van der Waals surface area (Å²) in [5, 5.41) is 0. The lowest BCUT2D eigenvalue weighted by atomic mass is 9.90. The molecule has 1 saturated carbocycles. The van der Waals surface area contributed by atoms with Crippen LogP contribution in [0.15, 0.2) is 0 Å². The molecule has 0 bridgehead atoms. The third kappa shape index (κ3) is 3.21. The Hall–Kier alpha value is -0.0800. The van der Waals surface area contributed by atoms with E-state index < -0.39 is 0 Å². The van der Waals surface area contributed by atoms with Crippen molar-refractivity contribution in [3.63, 3.8) is 0 Å². The lowest BCUT2D eigenvalue weighted by molar-refractivity contribution is 0.141. The van der Waals surface area contributed by atoms with E-state index in [0.717, 1.165) is 18.4 Å². The summed E-state index contributed by atoms with van der Waals surface area (Å²) in [7, 11) is 0. The van der Waals surface area contributed by atoms with Crippen molar-refractivity contribution in [1.29, 1.82) is 0 Å². The number of rotatable bonds is 5. The van der Waals surface area contributed by atoms with Gasteiger partial charge in [0.2, 0.25) is 0 Å². The van der Waals surface area contributed by atoms with Crippen molar-refractivity contribution in [3.05, 3.63) is 0 Å². The third-order valence-electron chi connectivity index (χ3n) is 4.48. The van der Waals surface area contributed by atoms with Gasteiger partial charge < -0.3 is 10.6 Å². The average Bonchev–Trinajstić information content (AvgIpc) is 3.04. The Morgan fingerprint density at radius 3 is 2.31 bits per heavy atom. The summed E-state index contributed by atoms with van der Waals surface area (Å²) >= 11 is 0. The van der Waals surface area contributed by atoms with Gasteiger partial charge in [-0.1, -0.05) is 19.8 Å². The molecule has 1 saturated heterocycles. The second kappa shape index (κ2) is 5.05. The molecular formula is C14H28N2. The predicted octanol–water partition coefficient (Wildman–Crippen LogP) is 2.63. The second-order valence-electron chi connectivity index (χ2n) is 6.29. The summed E-state index contributed by atoms with van der Waals surface area (Å²) in [5.41, 5.74) is 6.49. The first-order valence-corrected chi connectivity index (χ1v) is 7.13. The van der Waals surface area contributed by atoms with Gasteiger partial charge in [0.15, 0.2) is 0 Å². The van der Waals surface area contributed by atoms with Crippen LogP contribution in [0.2, 0.25) is 0 Å². The van der Waals surface area contributed by atoms with Gasteiger partial charge in [-0.2, -0.15) is 0 Å². The lowest BCUT2D eigenvalue weighted by Gasteiger charge is -2.37. The van der Waals surface area contributed by atoms with Crippen LogP contribution < -0.4 is 5.73 Å². The van der Waals surface area contributed by atoms with Gasteiger partial charge in [-0.05, 0) is 57.5 Å². The van der Waals surface area contributed by atoms with Gasteiger partial charge in [0.05, 0.1) is 0 Å². The standard InChI is InChI=1S/C14H28N2/c1-3-4-12-7-9-16(10-8-12)11-14(2,15)13-5-6-13/h12-13H,3-11,15H2,1-2H3. The fourth-order valence-corrected chi connectivity index (χ4v) is 3.20. The maximum Gasteiger partial charge on any atom is 0.0283 e. The quantitative estimate of drug-likeness (QED) is 0.778. The highest BCUT2D eigenvalue weighted by molar-refractivity contribution is 4.97. The molecule has 2 heteroatoms. The minimum Gasteiger partial charge on any atom is -0.324 e. The van der Waals surface area contributed by atoms with Crippen LogP contribution in [0.25, 0.3) is 0 Å². The van der Waals surface area contributed by atoms with Crippen molar-refractivity contribution in [3.8, 4) is 0 Å². The molecule has 1 atom stereocenters. The van der Waals surface area contributed by atoms with Gasteiger partial charge >= 0.3 is 0 Å². The molecule has 0 aromatic carbocycles. The number of nitrogens with zero attached hydrogens (tertiary/aromatic N) is 1. The van der Waals surface area contributed by atoms with E-state index in [9.17, 15) is 0 Å². The molecule has 0 aromatic rings. The van der Waals surface area contributed by atoms with Crippen molar-refractivity contribution >= 4 is 0 Å². The van der Waals surface area contributed by atoms with Crippen molar-refractivity contribution in [2.75, 3.05) is 19.6 Å². The molecule has 2 rings (SSSR count). The zero-order valence-electron chi connectivity index (χ0n) is 11.0. The fourth-order valence-electron chi connectivity index (χ4n) is 3.20. The molecule has 1 unspecified atom stereocenters. The van der Waals surface area contributed by atoms with E-state index in [1.807, 2.05) is 0 Å². The molecule has 2 aliphatic rings. The Morgan fingerprint density at radius 2 is 1.81 bits per heavy atom. The van der Waals surface area contributed by atoms with E-state index in [1.165, 1.54) is 51.6 Å². The highest BCUT2D eigenvalue weighted by Gasteiger charge is 2.39. The smallest absolute Gasteiger partial charge is 0.0283 e. The maximum absolute atomic E-state index is 6.40. The number of likely N-dealkylation sites (tertiary alicyclic amines) is 1. The van der Waals surface area contributed by atoms with Crippen LogP contribution in [0.3, 0.4) is 0 Å². The Labute approximate surface area is 101 Å². The van der Waals surface area contributed by atoms with Crippen molar-refractivity contribution < 1.29 is 0 Å². The summed E-state index contributed by atoms with van der Waals surface area (Å²) in [4.78, 5) is 2.60. The molecule has 1 aliphatic carbocycles. The first-order chi connectivity index (χ1) is 7.62. The predicted molar refractivity (Wildman–Crippen MR) is 69.4 cm³/mol. The van der Waals surface area contributed by atoms with Crippen LogP contribution in [-0.4, -0.2) is 30.1 Å².